The van der Waals surface area contributed by atoms with Crippen molar-refractivity contribution < 1.29 is 14.0 Å². The average molecular weight is 392 g/mol. The maximum absolute atomic E-state index is 13.4. The lowest BCUT2D eigenvalue weighted by Gasteiger charge is -2.19. The minimum atomic E-state index is -0.458. The number of carbonyl (C=O) groups excluding carboxylic acids is 2. The van der Waals surface area contributed by atoms with E-state index in [1.165, 1.54) is 23.1 Å². The Morgan fingerprint density at radius 2 is 1.90 bits per heavy atom. The third-order valence-corrected chi connectivity index (χ3v) is 5.05. The van der Waals surface area contributed by atoms with Crippen molar-refractivity contribution in [3.63, 3.8) is 0 Å². The van der Waals surface area contributed by atoms with E-state index >= 15 is 0 Å². The van der Waals surface area contributed by atoms with Gasteiger partial charge in [-0.2, -0.15) is 0 Å². The quantitative estimate of drug-likeness (QED) is 0.733. The van der Waals surface area contributed by atoms with Crippen LogP contribution in [0.3, 0.4) is 0 Å². The van der Waals surface area contributed by atoms with Gasteiger partial charge in [0.1, 0.15) is 5.82 Å². The summed E-state index contributed by atoms with van der Waals surface area (Å²) in [5, 5.41) is 2.68. The number of fused-ring (bicyclic) bond motifs is 1. The predicted molar refractivity (Wildman–Crippen MR) is 109 cm³/mol. The lowest BCUT2D eigenvalue weighted by Crippen LogP contribution is -2.28. The number of hydrogen-bond donors (Lipinski definition) is 1. The first-order valence-electron chi connectivity index (χ1n) is 9.54. The van der Waals surface area contributed by atoms with Crippen LogP contribution in [0.25, 0.3) is 0 Å². The van der Waals surface area contributed by atoms with Crippen molar-refractivity contribution in [1.82, 2.24) is 9.55 Å². The number of anilines is 2. The van der Waals surface area contributed by atoms with Crippen LogP contribution in [0.5, 0.6) is 0 Å². The number of nitrogens with zero attached hydrogens (tertiary/aromatic N) is 3. The summed E-state index contributed by atoms with van der Waals surface area (Å²) in [6, 6.07) is 15.0. The molecule has 0 unspecified atom stereocenters. The summed E-state index contributed by atoms with van der Waals surface area (Å²) in [6.07, 6.45) is 2.53. The average Bonchev–Trinajstić information content (AvgIpc) is 3.13. The van der Waals surface area contributed by atoms with E-state index < -0.39 is 11.7 Å². The molecule has 4 rings (SSSR count). The number of hydrogen-bond acceptors (Lipinski definition) is 3. The van der Waals surface area contributed by atoms with Gasteiger partial charge in [0.15, 0.2) is 11.5 Å². The third kappa shape index (κ3) is 3.76. The van der Waals surface area contributed by atoms with Crippen LogP contribution in [0, 0.1) is 5.82 Å². The summed E-state index contributed by atoms with van der Waals surface area (Å²) in [5.74, 6) is -0.978. The monoisotopic (exact) mass is 392 g/mol. The molecule has 1 aliphatic heterocycles. The van der Waals surface area contributed by atoms with Gasteiger partial charge >= 0.3 is 0 Å². The van der Waals surface area contributed by atoms with Crippen LogP contribution in [0.15, 0.2) is 54.6 Å². The number of nitrogens with one attached hydrogen (secondary N) is 1. The second-order valence-electron chi connectivity index (χ2n) is 7.00. The van der Waals surface area contributed by atoms with Gasteiger partial charge in [0.25, 0.3) is 11.8 Å². The summed E-state index contributed by atoms with van der Waals surface area (Å²) in [4.78, 5) is 31.9. The topological polar surface area (TPSA) is 67.2 Å². The molecule has 0 saturated heterocycles. The predicted octanol–water partition coefficient (Wildman–Crippen LogP) is 3.89. The van der Waals surface area contributed by atoms with Crippen molar-refractivity contribution in [3.05, 3.63) is 77.6 Å². The number of para-hydroxylation sites is 1. The minimum Gasteiger partial charge on any atom is -0.323 e. The fraction of sp³-hybridized carbons (Fsp3) is 0.227. The van der Waals surface area contributed by atoms with Crippen LogP contribution in [0.4, 0.5) is 15.8 Å². The molecule has 0 aliphatic carbocycles. The summed E-state index contributed by atoms with van der Waals surface area (Å²) in [6.45, 7) is 0.622. The molecule has 1 N–H and O–H groups in total. The van der Waals surface area contributed by atoms with Crippen molar-refractivity contribution in [3.8, 4) is 0 Å². The molecule has 0 fully saturated rings. The molecular weight excluding hydrogens is 371 g/mol. The Morgan fingerprint density at radius 3 is 2.66 bits per heavy atom. The van der Waals surface area contributed by atoms with Crippen molar-refractivity contribution in [1.29, 1.82) is 0 Å². The molecule has 2 aromatic carbocycles. The maximum atomic E-state index is 13.4. The second-order valence-corrected chi connectivity index (χ2v) is 7.00. The highest BCUT2D eigenvalue weighted by Crippen LogP contribution is 2.24. The highest BCUT2D eigenvalue weighted by molar-refractivity contribution is 6.07. The van der Waals surface area contributed by atoms with Gasteiger partial charge in [-0.3, -0.25) is 9.59 Å². The standard InChI is InChI=1S/C22H21FN4O2/c1-26(17-10-3-2-4-11-17)22(29)19-18-12-5-6-13-27(18)20(25-19)21(28)24-16-9-7-8-15(23)14-16/h2-4,7-11,14H,5-6,12-13H2,1H3,(H,24,28). The van der Waals surface area contributed by atoms with Gasteiger partial charge in [-0.1, -0.05) is 24.3 Å². The van der Waals surface area contributed by atoms with Crippen molar-refractivity contribution in [2.75, 3.05) is 17.3 Å². The molecule has 148 valence electrons. The Balaban J connectivity index is 1.67. The lowest BCUT2D eigenvalue weighted by atomic mass is 10.1. The van der Waals surface area contributed by atoms with Crippen LogP contribution in [-0.4, -0.2) is 28.4 Å². The maximum Gasteiger partial charge on any atom is 0.291 e. The largest absolute Gasteiger partial charge is 0.323 e. The zero-order valence-corrected chi connectivity index (χ0v) is 16.1. The van der Waals surface area contributed by atoms with Crippen LogP contribution in [0.1, 0.15) is 39.6 Å². The molecule has 3 aromatic rings. The third-order valence-electron chi connectivity index (χ3n) is 5.05. The molecule has 0 spiro atoms. The molecule has 0 atom stereocenters. The number of rotatable bonds is 4. The highest BCUT2D eigenvalue weighted by atomic mass is 19.1. The molecule has 2 amide bonds. The van der Waals surface area contributed by atoms with Gasteiger partial charge in [0.05, 0.1) is 5.69 Å². The van der Waals surface area contributed by atoms with E-state index in [-0.39, 0.29) is 11.7 Å². The number of aromatic nitrogens is 2. The number of imidazole rings is 1. The van der Waals surface area contributed by atoms with E-state index in [1.54, 1.807) is 13.1 Å². The van der Waals surface area contributed by atoms with Gasteiger partial charge in [-0.25, -0.2) is 9.37 Å². The van der Waals surface area contributed by atoms with Crippen molar-refractivity contribution in [2.24, 2.45) is 0 Å². The van der Waals surface area contributed by atoms with Gasteiger partial charge in [-0.05, 0) is 49.6 Å². The summed E-state index contributed by atoms with van der Waals surface area (Å²) < 4.78 is 15.2. The van der Waals surface area contributed by atoms with Crippen LogP contribution >= 0.6 is 0 Å². The van der Waals surface area contributed by atoms with E-state index in [4.69, 9.17) is 0 Å². The SMILES string of the molecule is CN(C(=O)c1nc(C(=O)Nc2cccc(F)c2)n2c1CCCC2)c1ccccc1. The van der Waals surface area contributed by atoms with E-state index in [9.17, 15) is 14.0 Å². The van der Waals surface area contributed by atoms with Crippen LogP contribution in [-0.2, 0) is 13.0 Å². The fourth-order valence-electron chi connectivity index (χ4n) is 3.57. The second kappa shape index (κ2) is 7.87. The Kier molecular flexibility index (Phi) is 5.12. The molecule has 0 saturated carbocycles. The van der Waals surface area contributed by atoms with E-state index in [0.29, 0.717) is 24.3 Å². The Bertz CT molecular complexity index is 1060. The zero-order chi connectivity index (χ0) is 20.4. The normalized spacial score (nSPS) is 12.9. The fourth-order valence-corrected chi connectivity index (χ4v) is 3.57. The molecule has 0 radical (unpaired) electrons. The Morgan fingerprint density at radius 1 is 1.10 bits per heavy atom. The van der Waals surface area contributed by atoms with Gasteiger partial charge < -0.3 is 14.8 Å². The van der Waals surface area contributed by atoms with Crippen LogP contribution in [0.2, 0.25) is 0 Å². The molecule has 7 heteroatoms. The molecule has 1 aromatic heterocycles. The lowest BCUT2D eigenvalue weighted by molar-refractivity contribution is 0.0987. The zero-order valence-electron chi connectivity index (χ0n) is 16.1. The Labute approximate surface area is 168 Å². The highest BCUT2D eigenvalue weighted by Gasteiger charge is 2.29. The smallest absolute Gasteiger partial charge is 0.291 e. The molecular formula is C22H21FN4O2. The molecule has 2 heterocycles. The number of halogens is 1. The number of benzene rings is 2. The number of amides is 2. The molecule has 29 heavy (non-hydrogen) atoms. The first kappa shape index (κ1) is 18.9. The summed E-state index contributed by atoms with van der Waals surface area (Å²) >= 11 is 0. The van der Waals surface area contributed by atoms with Gasteiger partial charge in [-0.15, -0.1) is 0 Å². The van der Waals surface area contributed by atoms with Gasteiger partial charge in [0, 0.05) is 25.0 Å². The molecule has 1 aliphatic rings. The first-order valence-corrected chi connectivity index (χ1v) is 9.54. The van der Waals surface area contributed by atoms with Gasteiger partial charge in [0.2, 0.25) is 0 Å². The molecule has 0 bridgehead atoms. The molecule has 6 nitrogen and oxygen atoms in total. The minimum absolute atomic E-state index is 0.175. The first-order chi connectivity index (χ1) is 14.0. The summed E-state index contributed by atoms with van der Waals surface area (Å²) in [5.41, 5.74) is 2.16. The summed E-state index contributed by atoms with van der Waals surface area (Å²) in [7, 11) is 1.69. The van der Waals surface area contributed by atoms with Crippen molar-refractivity contribution in [2.45, 2.75) is 25.8 Å². The number of carbonyl (C=O) groups is 2. The van der Waals surface area contributed by atoms with Crippen molar-refractivity contribution >= 4 is 23.2 Å². The van der Waals surface area contributed by atoms with Crippen LogP contribution < -0.4 is 10.2 Å². The van der Waals surface area contributed by atoms with E-state index in [1.807, 2.05) is 34.9 Å². The van der Waals surface area contributed by atoms with E-state index in [2.05, 4.69) is 10.3 Å². The Hall–Kier alpha value is -3.48. The van der Waals surface area contributed by atoms with E-state index in [0.717, 1.165) is 24.2 Å².